The van der Waals surface area contributed by atoms with Gasteiger partial charge in [0.25, 0.3) is 5.91 Å². The highest BCUT2D eigenvalue weighted by Gasteiger charge is 2.26. The molecule has 2 aromatic carbocycles. The molecule has 1 aliphatic rings. The van der Waals surface area contributed by atoms with E-state index in [1.807, 2.05) is 42.2 Å². The molecule has 1 amide bonds. The molecular weight excluding hydrogens is 286 g/mol. The number of aryl methyl sites for hydroxylation is 1. The van der Waals surface area contributed by atoms with Crippen LogP contribution in [0.25, 0.3) is 0 Å². The number of carbonyl (C=O) groups excluding carboxylic acids is 1. The molecular formula is C20H23NO2. The van der Waals surface area contributed by atoms with Crippen molar-refractivity contribution in [1.29, 1.82) is 0 Å². The zero-order chi connectivity index (χ0) is 16.2. The van der Waals surface area contributed by atoms with Crippen molar-refractivity contribution in [3.63, 3.8) is 0 Å². The van der Waals surface area contributed by atoms with Gasteiger partial charge in [0.05, 0.1) is 0 Å². The number of carbonyl (C=O) groups is 1. The van der Waals surface area contributed by atoms with E-state index in [0.717, 1.165) is 30.7 Å². The van der Waals surface area contributed by atoms with Crippen LogP contribution in [0.3, 0.4) is 0 Å². The molecule has 0 saturated carbocycles. The van der Waals surface area contributed by atoms with E-state index in [9.17, 15) is 4.79 Å². The van der Waals surface area contributed by atoms with Crippen LogP contribution in [0.1, 0.15) is 30.5 Å². The predicted molar refractivity (Wildman–Crippen MR) is 91.5 cm³/mol. The van der Waals surface area contributed by atoms with Crippen molar-refractivity contribution in [3.05, 3.63) is 65.2 Å². The summed E-state index contributed by atoms with van der Waals surface area (Å²) < 4.78 is 5.95. The first-order chi connectivity index (χ1) is 11.2. The smallest absolute Gasteiger partial charge is 0.263 e. The minimum absolute atomic E-state index is 0.0606. The van der Waals surface area contributed by atoms with Gasteiger partial charge in [-0.3, -0.25) is 4.79 Å². The van der Waals surface area contributed by atoms with Gasteiger partial charge in [0.1, 0.15) is 5.75 Å². The Morgan fingerprint density at radius 1 is 1.13 bits per heavy atom. The number of para-hydroxylation sites is 1. The highest BCUT2D eigenvalue weighted by atomic mass is 16.5. The third-order valence-corrected chi connectivity index (χ3v) is 4.45. The molecule has 1 atom stereocenters. The molecule has 1 heterocycles. The number of fused-ring (bicyclic) bond motifs is 1. The van der Waals surface area contributed by atoms with Crippen LogP contribution in [0.15, 0.2) is 48.5 Å². The molecule has 3 nitrogen and oxygen atoms in total. The molecule has 23 heavy (non-hydrogen) atoms. The number of benzene rings is 2. The third kappa shape index (κ3) is 3.39. The van der Waals surface area contributed by atoms with E-state index in [0.29, 0.717) is 6.54 Å². The Bertz CT molecular complexity index is 696. The maximum atomic E-state index is 12.7. The minimum atomic E-state index is -0.465. The average Bonchev–Trinajstić information content (AvgIpc) is 2.61. The summed E-state index contributed by atoms with van der Waals surface area (Å²) in [5.74, 6) is 0.874. The fourth-order valence-electron chi connectivity index (χ4n) is 3.09. The van der Waals surface area contributed by atoms with E-state index >= 15 is 0 Å². The van der Waals surface area contributed by atoms with Crippen LogP contribution >= 0.6 is 0 Å². The van der Waals surface area contributed by atoms with E-state index in [1.54, 1.807) is 0 Å². The SMILES string of the molecule is CCc1ccccc1O[C@@H](C)C(=O)N1CCc2ccccc2C1. The molecule has 0 spiro atoms. The fourth-order valence-corrected chi connectivity index (χ4v) is 3.09. The monoisotopic (exact) mass is 309 g/mol. The van der Waals surface area contributed by atoms with Crippen molar-refractivity contribution < 1.29 is 9.53 Å². The van der Waals surface area contributed by atoms with Crippen LogP contribution in [-0.4, -0.2) is 23.5 Å². The predicted octanol–water partition coefficient (Wildman–Crippen LogP) is 3.60. The van der Waals surface area contributed by atoms with Crippen molar-refractivity contribution in [2.75, 3.05) is 6.54 Å². The summed E-state index contributed by atoms with van der Waals surface area (Å²) in [5.41, 5.74) is 3.73. The standard InChI is InChI=1S/C20H23NO2/c1-3-16-8-6-7-11-19(16)23-15(2)20(22)21-13-12-17-9-4-5-10-18(17)14-21/h4-11,15H,3,12-14H2,1-2H3/t15-/m0/s1. The summed E-state index contributed by atoms with van der Waals surface area (Å²) in [6, 6.07) is 16.3. The Kier molecular flexibility index (Phi) is 4.65. The fraction of sp³-hybridized carbons (Fsp3) is 0.350. The Hall–Kier alpha value is -2.29. The number of hydrogen-bond donors (Lipinski definition) is 0. The lowest BCUT2D eigenvalue weighted by Gasteiger charge is -2.31. The zero-order valence-corrected chi connectivity index (χ0v) is 13.8. The molecule has 120 valence electrons. The molecule has 2 aromatic rings. The number of nitrogens with zero attached hydrogens (tertiary/aromatic N) is 1. The van der Waals surface area contributed by atoms with Crippen molar-refractivity contribution in [2.45, 2.75) is 39.3 Å². The van der Waals surface area contributed by atoms with Crippen LogP contribution in [0.2, 0.25) is 0 Å². The maximum Gasteiger partial charge on any atom is 0.263 e. The van der Waals surface area contributed by atoms with Crippen molar-refractivity contribution in [2.24, 2.45) is 0 Å². The Balaban J connectivity index is 1.69. The summed E-state index contributed by atoms with van der Waals surface area (Å²) in [6.45, 7) is 5.38. The molecule has 0 N–H and O–H groups in total. The van der Waals surface area contributed by atoms with E-state index in [-0.39, 0.29) is 5.91 Å². The van der Waals surface area contributed by atoms with E-state index in [2.05, 4.69) is 25.1 Å². The lowest BCUT2D eigenvalue weighted by Crippen LogP contribution is -2.43. The lowest BCUT2D eigenvalue weighted by molar-refractivity contribution is -0.138. The summed E-state index contributed by atoms with van der Waals surface area (Å²) in [6.07, 6.45) is 1.35. The Morgan fingerprint density at radius 2 is 1.83 bits per heavy atom. The molecule has 3 heteroatoms. The van der Waals surface area contributed by atoms with Gasteiger partial charge in [0.2, 0.25) is 0 Å². The first-order valence-electron chi connectivity index (χ1n) is 8.29. The highest BCUT2D eigenvalue weighted by Crippen LogP contribution is 2.22. The van der Waals surface area contributed by atoms with Gasteiger partial charge in [-0.15, -0.1) is 0 Å². The zero-order valence-electron chi connectivity index (χ0n) is 13.8. The first-order valence-corrected chi connectivity index (χ1v) is 8.29. The highest BCUT2D eigenvalue weighted by molar-refractivity contribution is 5.81. The van der Waals surface area contributed by atoms with Crippen LogP contribution in [-0.2, 0) is 24.2 Å². The molecule has 0 saturated heterocycles. The van der Waals surface area contributed by atoms with E-state index in [4.69, 9.17) is 4.74 Å². The van der Waals surface area contributed by atoms with Gasteiger partial charge in [-0.2, -0.15) is 0 Å². The molecule has 0 bridgehead atoms. The maximum absolute atomic E-state index is 12.7. The molecule has 0 aliphatic carbocycles. The minimum Gasteiger partial charge on any atom is -0.481 e. The largest absolute Gasteiger partial charge is 0.481 e. The van der Waals surface area contributed by atoms with Gasteiger partial charge in [-0.25, -0.2) is 0 Å². The van der Waals surface area contributed by atoms with Crippen molar-refractivity contribution in [3.8, 4) is 5.75 Å². The summed E-state index contributed by atoms with van der Waals surface area (Å²) in [7, 11) is 0. The molecule has 3 rings (SSSR count). The van der Waals surface area contributed by atoms with Gasteiger partial charge >= 0.3 is 0 Å². The molecule has 0 aromatic heterocycles. The van der Waals surface area contributed by atoms with Gasteiger partial charge in [-0.1, -0.05) is 49.4 Å². The molecule has 1 aliphatic heterocycles. The summed E-state index contributed by atoms with van der Waals surface area (Å²) >= 11 is 0. The molecule has 0 unspecified atom stereocenters. The lowest BCUT2D eigenvalue weighted by atomic mass is 9.99. The molecule has 0 fully saturated rings. The normalized spacial score (nSPS) is 15.0. The number of ether oxygens (including phenoxy) is 1. The van der Waals surface area contributed by atoms with Crippen LogP contribution < -0.4 is 4.74 Å². The molecule has 0 radical (unpaired) electrons. The average molecular weight is 309 g/mol. The van der Waals surface area contributed by atoms with Gasteiger partial charge < -0.3 is 9.64 Å². The Labute approximate surface area is 137 Å². The second kappa shape index (κ2) is 6.86. The van der Waals surface area contributed by atoms with Gasteiger partial charge in [0, 0.05) is 13.1 Å². The van der Waals surface area contributed by atoms with Gasteiger partial charge in [-0.05, 0) is 42.5 Å². The Morgan fingerprint density at radius 3 is 2.61 bits per heavy atom. The number of amides is 1. The van der Waals surface area contributed by atoms with Crippen LogP contribution in [0.4, 0.5) is 0 Å². The summed E-state index contributed by atoms with van der Waals surface area (Å²) in [5, 5.41) is 0. The quantitative estimate of drug-likeness (QED) is 0.863. The second-order valence-corrected chi connectivity index (χ2v) is 6.00. The number of rotatable bonds is 4. The van der Waals surface area contributed by atoms with Crippen molar-refractivity contribution in [1.82, 2.24) is 4.90 Å². The van der Waals surface area contributed by atoms with Crippen molar-refractivity contribution >= 4 is 5.91 Å². The van der Waals surface area contributed by atoms with Crippen LogP contribution in [0.5, 0.6) is 5.75 Å². The third-order valence-electron chi connectivity index (χ3n) is 4.45. The van der Waals surface area contributed by atoms with E-state index in [1.165, 1.54) is 11.1 Å². The topological polar surface area (TPSA) is 29.5 Å². The second-order valence-electron chi connectivity index (χ2n) is 6.00. The first kappa shape index (κ1) is 15.6. The number of hydrogen-bond acceptors (Lipinski definition) is 2. The van der Waals surface area contributed by atoms with E-state index < -0.39 is 6.10 Å². The van der Waals surface area contributed by atoms with Gasteiger partial charge in [0.15, 0.2) is 6.10 Å². The summed E-state index contributed by atoms with van der Waals surface area (Å²) in [4.78, 5) is 14.6. The van der Waals surface area contributed by atoms with Crippen LogP contribution in [0, 0.1) is 0 Å².